The van der Waals surface area contributed by atoms with Gasteiger partial charge in [0.1, 0.15) is 0 Å². The maximum absolute atomic E-state index is 5.15. The van der Waals surface area contributed by atoms with Crippen molar-refractivity contribution in [3.05, 3.63) is 0 Å². The van der Waals surface area contributed by atoms with Crippen LogP contribution < -0.4 is 22.4 Å². The molecule has 0 atom stereocenters. The predicted molar refractivity (Wildman–Crippen MR) is 35.2 cm³/mol. The summed E-state index contributed by atoms with van der Waals surface area (Å²) < 4.78 is 0. The fourth-order valence-corrected chi connectivity index (χ4v) is 0.271. The number of hydrogen-bond acceptors (Lipinski definition) is 5. The van der Waals surface area contributed by atoms with Gasteiger partial charge in [-0.1, -0.05) is 0 Å². The molecule has 0 aliphatic carbocycles. The number of rotatable bonds is 6. The molecule has 0 saturated carbocycles. The molecule has 0 rings (SSSR count). The Hall–Kier alpha value is 0.319. The van der Waals surface area contributed by atoms with Crippen molar-refractivity contribution in [2.45, 2.75) is 0 Å². The van der Waals surface area contributed by atoms with E-state index < -0.39 is 0 Å². The van der Waals surface area contributed by atoms with E-state index >= 15 is 0 Å². The van der Waals surface area contributed by atoms with E-state index in [0.29, 0.717) is 26.2 Å². The smallest absolute Gasteiger partial charge is 0.0351 e. The van der Waals surface area contributed by atoms with Gasteiger partial charge in [-0.15, -0.1) is 0 Å². The van der Waals surface area contributed by atoms with Gasteiger partial charge in [-0.05, 0) is 0 Å². The maximum Gasteiger partial charge on any atom is 0.0351 e. The molecule has 67 valence electrons. The molecule has 6 heteroatoms. The summed E-state index contributed by atoms with van der Waals surface area (Å²) in [7, 11) is 0. The van der Waals surface area contributed by atoms with Crippen LogP contribution in [0.15, 0.2) is 0 Å². The number of nitrogens with two attached hydrogens (primary N) is 2. The van der Waals surface area contributed by atoms with Crippen molar-refractivity contribution in [2.24, 2.45) is 11.5 Å². The van der Waals surface area contributed by atoms with Crippen LogP contribution >= 0.6 is 0 Å². The van der Waals surface area contributed by atoms with E-state index in [2.05, 4.69) is 15.9 Å². The first kappa shape index (κ1) is 12.9. The Labute approximate surface area is 71.2 Å². The Morgan fingerprint density at radius 1 is 1.00 bits per heavy atom. The molecule has 6 N–H and O–H groups in total. The van der Waals surface area contributed by atoms with Gasteiger partial charge in [0.25, 0.3) is 0 Å². The van der Waals surface area contributed by atoms with Gasteiger partial charge >= 0.3 is 0 Å². The van der Waals surface area contributed by atoms with E-state index in [1.807, 2.05) is 0 Å². The first-order valence-corrected chi connectivity index (χ1v) is 2.93. The summed E-state index contributed by atoms with van der Waals surface area (Å²) in [4.78, 5) is 4.65. The van der Waals surface area contributed by atoms with Crippen molar-refractivity contribution in [3.63, 3.8) is 0 Å². The summed E-state index contributed by atoms with van der Waals surface area (Å²) in [5.74, 6) is 0. The predicted octanol–water partition coefficient (Wildman–Crippen LogP) is -2.07. The second kappa shape index (κ2) is 12.0. The first-order chi connectivity index (χ1) is 4.41. The molecule has 0 amide bonds. The van der Waals surface area contributed by atoms with Gasteiger partial charge in [0.2, 0.25) is 0 Å². The zero-order chi connectivity index (χ0) is 6.95. The Balaban J connectivity index is 0. The summed E-state index contributed by atoms with van der Waals surface area (Å²) in [5.41, 5.74) is 15.5. The van der Waals surface area contributed by atoms with Crippen molar-refractivity contribution < 1.29 is 22.0 Å². The monoisotopic (exact) mass is 197 g/mol. The molecule has 0 heterocycles. The second-order valence-corrected chi connectivity index (χ2v) is 1.47. The Morgan fingerprint density at radius 3 is 1.70 bits per heavy atom. The number of nitrogens with one attached hydrogen (secondary N) is 2. The third kappa shape index (κ3) is 11.2. The summed E-state index contributed by atoms with van der Waals surface area (Å²) in [6, 6.07) is 0. The molecule has 0 aliphatic rings. The minimum absolute atomic E-state index is 0. The minimum atomic E-state index is 0. The Bertz CT molecular complexity index is 50.5. The average molecular weight is 198 g/mol. The van der Waals surface area contributed by atoms with Gasteiger partial charge in [0.05, 0.1) is 0 Å². The average Bonchev–Trinajstić information content (AvgIpc) is 1.89. The zero-order valence-electron chi connectivity index (χ0n) is 5.69. The molecule has 0 aromatic rings. The van der Waals surface area contributed by atoms with E-state index in [9.17, 15) is 0 Å². The third-order valence-electron chi connectivity index (χ3n) is 0.637. The minimum Gasteiger partial charge on any atom is -0.329 e. The fraction of sp³-hybridized carbons (Fsp3) is 1.00. The van der Waals surface area contributed by atoms with Crippen LogP contribution in [0.3, 0.4) is 0 Å². The van der Waals surface area contributed by atoms with Crippen molar-refractivity contribution >= 4 is 0 Å². The zero-order valence-corrected chi connectivity index (χ0v) is 6.63. The molecule has 0 aromatic carbocycles. The molecule has 0 bridgehead atoms. The van der Waals surface area contributed by atoms with Gasteiger partial charge < -0.3 is 11.5 Å². The summed E-state index contributed by atoms with van der Waals surface area (Å²) >= 11 is 0. The van der Waals surface area contributed by atoms with E-state index in [1.54, 1.807) is 0 Å². The van der Waals surface area contributed by atoms with Crippen molar-refractivity contribution in [2.75, 3.05) is 26.2 Å². The van der Waals surface area contributed by atoms with E-state index in [1.165, 1.54) is 0 Å². The SMILES string of the molecule is NCCNONCCN.[Cu]. The topological polar surface area (TPSA) is 85.3 Å². The van der Waals surface area contributed by atoms with Crippen LogP contribution in [0, 0.1) is 0 Å². The molecule has 5 nitrogen and oxygen atoms in total. The largest absolute Gasteiger partial charge is 0.329 e. The Morgan fingerprint density at radius 2 is 1.40 bits per heavy atom. The molecule has 1 radical (unpaired) electrons. The quantitative estimate of drug-likeness (QED) is 0.223. The Kier molecular flexibility index (Phi) is 15.6. The van der Waals surface area contributed by atoms with E-state index in [-0.39, 0.29) is 17.1 Å². The van der Waals surface area contributed by atoms with Gasteiger partial charge in [-0.3, -0.25) is 0 Å². The standard InChI is InChI=1S/C4H14N4O.Cu/c5-1-3-7-9-8-4-2-6;/h7-8H,1-6H2;. The molecule has 10 heavy (non-hydrogen) atoms. The van der Waals surface area contributed by atoms with Crippen molar-refractivity contribution in [3.8, 4) is 0 Å². The molecule has 0 fully saturated rings. The van der Waals surface area contributed by atoms with Crippen LogP contribution in [0.1, 0.15) is 0 Å². The van der Waals surface area contributed by atoms with Gasteiger partial charge in [0, 0.05) is 43.2 Å². The van der Waals surface area contributed by atoms with Crippen LogP contribution in [0.5, 0.6) is 0 Å². The van der Waals surface area contributed by atoms with Crippen LogP contribution in [0.25, 0.3) is 0 Å². The molecular formula is C4H14CuN4O. The van der Waals surface area contributed by atoms with Crippen molar-refractivity contribution in [1.82, 2.24) is 11.0 Å². The fourth-order valence-electron chi connectivity index (χ4n) is 0.271. The van der Waals surface area contributed by atoms with Crippen LogP contribution in [-0.2, 0) is 22.0 Å². The summed E-state index contributed by atoms with van der Waals surface area (Å²) in [6.45, 7) is 2.39. The van der Waals surface area contributed by atoms with E-state index in [4.69, 9.17) is 11.5 Å². The van der Waals surface area contributed by atoms with Crippen LogP contribution in [0.4, 0.5) is 0 Å². The number of hydroxylamine groups is 2. The molecule has 0 saturated heterocycles. The van der Waals surface area contributed by atoms with Gasteiger partial charge in [0.15, 0.2) is 0 Å². The van der Waals surface area contributed by atoms with E-state index in [0.717, 1.165) is 0 Å². The van der Waals surface area contributed by atoms with Crippen molar-refractivity contribution in [1.29, 1.82) is 0 Å². The first-order valence-electron chi connectivity index (χ1n) is 2.93. The van der Waals surface area contributed by atoms with Crippen LogP contribution in [0.2, 0.25) is 0 Å². The molecule has 0 aromatic heterocycles. The summed E-state index contributed by atoms with van der Waals surface area (Å²) in [6.07, 6.45) is 0. The molecular weight excluding hydrogens is 184 g/mol. The second-order valence-electron chi connectivity index (χ2n) is 1.47. The maximum atomic E-state index is 5.15. The normalized spacial score (nSPS) is 9.00. The number of hydrogen-bond donors (Lipinski definition) is 4. The molecule has 0 spiro atoms. The van der Waals surface area contributed by atoms with Gasteiger partial charge in [-0.25, -0.2) is 4.94 Å². The summed E-state index contributed by atoms with van der Waals surface area (Å²) in [5, 5.41) is 0. The molecule has 0 aliphatic heterocycles. The van der Waals surface area contributed by atoms with Crippen LogP contribution in [-0.4, -0.2) is 26.2 Å². The molecule has 0 unspecified atom stereocenters. The third-order valence-corrected chi connectivity index (χ3v) is 0.637. The van der Waals surface area contributed by atoms with Gasteiger partial charge in [-0.2, -0.15) is 11.0 Å².